The molecule has 6 nitrogen and oxygen atoms in total. The van der Waals surface area contributed by atoms with Crippen LogP contribution in [0.15, 0.2) is 24.4 Å². The number of nitriles is 1. The van der Waals surface area contributed by atoms with Gasteiger partial charge in [0.25, 0.3) is 0 Å². The van der Waals surface area contributed by atoms with Crippen molar-refractivity contribution >= 4 is 11.5 Å². The largest absolute Gasteiger partial charge is 0.339 e. The van der Waals surface area contributed by atoms with Crippen molar-refractivity contribution in [3.63, 3.8) is 0 Å². The van der Waals surface area contributed by atoms with Crippen LogP contribution in [-0.2, 0) is 0 Å². The number of aryl methyl sites for hydroxylation is 1. The van der Waals surface area contributed by atoms with Crippen LogP contribution in [0.3, 0.4) is 0 Å². The van der Waals surface area contributed by atoms with Crippen molar-refractivity contribution in [2.45, 2.75) is 32.2 Å². The number of rotatable bonds is 3. The Balaban J connectivity index is 1.80. The summed E-state index contributed by atoms with van der Waals surface area (Å²) < 4.78 is 0. The van der Waals surface area contributed by atoms with Crippen LogP contribution < -0.4 is 10.6 Å². The van der Waals surface area contributed by atoms with E-state index in [0.717, 1.165) is 36.0 Å². The average Bonchev–Trinajstić information content (AvgIpc) is 2.56. The van der Waals surface area contributed by atoms with Gasteiger partial charge in [0.05, 0.1) is 17.6 Å². The van der Waals surface area contributed by atoms with E-state index in [9.17, 15) is 0 Å². The Morgan fingerprint density at radius 1 is 1.32 bits per heavy atom. The minimum Gasteiger partial charge on any atom is -0.339 e. The first-order valence-electron chi connectivity index (χ1n) is 7.47. The zero-order valence-corrected chi connectivity index (χ0v) is 12.5. The molecule has 1 aliphatic heterocycles. The van der Waals surface area contributed by atoms with Crippen molar-refractivity contribution in [3.8, 4) is 6.07 Å². The van der Waals surface area contributed by atoms with E-state index < -0.39 is 0 Å². The molecule has 2 aromatic heterocycles. The molecule has 1 atom stereocenters. The molecule has 0 aliphatic carbocycles. The zero-order valence-electron chi connectivity index (χ0n) is 12.5. The number of nitrogens with one attached hydrogen (secondary N) is 2. The van der Waals surface area contributed by atoms with Gasteiger partial charge in [-0.3, -0.25) is 0 Å². The Labute approximate surface area is 129 Å². The fourth-order valence-corrected chi connectivity index (χ4v) is 2.62. The number of pyridine rings is 1. The molecule has 1 unspecified atom stereocenters. The molecule has 2 N–H and O–H groups in total. The smallest absolute Gasteiger partial charge is 0.140 e. The summed E-state index contributed by atoms with van der Waals surface area (Å²) in [6, 6.07) is 7.79. The number of aromatic nitrogens is 3. The highest BCUT2D eigenvalue weighted by Gasteiger charge is 2.17. The van der Waals surface area contributed by atoms with Gasteiger partial charge in [0.1, 0.15) is 23.4 Å². The molecule has 0 aromatic carbocycles. The van der Waals surface area contributed by atoms with Crippen molar-refractivity contribution < 1.29 is 0 Å². The van der Waals surface area contributed by atoms with Gasteiger partial charge in [-0.15, -0.1) is 0 Å². The van der Waals surface area contributed by atoms with Crippen LogP contribution in [0.2, 0.25) is 0 Å². The maximum absolute atomic E-state index is 8.77. The molecule has 1 saturated heterocycles. The van der Waals surface area contributed by atoms with Crippen molar-refractivity contribution in [2.24, 2.45) is 0 Å². The van der Waals surface area contributed by atoms with E-state index in [1.54, 1.807) is 12.3 Å². The van der Waals surface area contributed by atoms with Gasteiger partial charge < -0.3 is 10.6 Å². The van der Waals surface area contributed by atoms with E-state index >= 15 is 0 Å². The first kappa shape index (κ1) is 14.4. The zero-order chi connectivity index (χ0) is 15.4. The van der Waals surface area contributed by atoms with Gasteiger partial charge in [-0.2, -0.15) is 5.26 Å². The third-order valence-corrected chi connectivity index (χ3v) is 3.68. The van der Waals surface area contributed by atoms with E-state index in [2.05, 4.69) is 25.6 Å². The monoisotopic (exact) mass is 294 g/mol. The molecule has 3 heterocycles. The van der Waals surface area contributed by atoms with Crippen LogP contribution in [0.25, 0.3) is 0 Å². The number of nitrogens with zero attached hydrogens (tertiary/aromatic N) is 4. The lowest BCUT2D eigenvalue weighted by Gasteiger charge is -2.23. The molecule has 0 bridgehead atoms. The normalized spacial score (nSPS) is 17.7. The first-order chi connectivity index (χ1) is 10.7. The molecular weight excluding hydrogens is 276 g/mol. The highest BCUT2D eigenvalue weighted by Crippen LogP contribution is 2.24. The summed E-state index contributed by atoms with van der Waals surface area (Å²) in [5, 5.41) is 15.5. The van der Waals surface area contributed by atoms with Crippen LogP contribution in [0.5, 0.6) is 0 Å². The van der Waals surface area contributed by atoms with Crippen LogP contribution in [0, 0.1) is 18.3 Å². The second-order valence-corrected chi connectivity index (χ2v) is 5.40. The first-order valence-corrected chi connectivity index (χ1v) is 7.47. The predicted octanol–water partition coefficient (Wildman–Crippen LogP) is 2.61. The molecule has 0 spiro atoms. The minimum atomic E-state index is 0.301. The van der Waals surface area contributed by atoms with Crippen LogP contribution in [0.1, 0.15) is 42.5 Å². The van der Waals surface area contributed by atoms with Crippen molar-refractivity contribution in [1.29, 1.82) is 5.26 Å². The van der Waals surface area contributed by atoms with Crippen LogP contribution >= 0.6 is 0 Å². The van der Waals surface area contributed by atoms with Gasteiger partial charge in [0.15, 0.2) is 0 Å². The molecular formula is C16H18N6. The van der Waals surface area contributed by atoms with Crippen molar-refractivity contribution in [3.05, 3.63) is 41.6 Å². The molecule has 0 saturated carbocycles. The van der Waals surface area contributed by atoms with Crippen molar-refractivity contribution in [1.82, 2.24) is 20.3 Å². The fourth-order valence-electron chi connectivity index (χ4n) is 2.62. The summed E-state index contributed by atoms with van der Waals surface area (Å²) in [6.45, 7) is 2.94. The molecule has 22 heavy (non-hydrogen) atoms. The highest BCUT2D eigenvalue weighted by atomic mass is 15.1. The number of hydrogen-bond acceptors (Lipinski definition) is 6. The molecule has 0 radical (unpaired) electrons. The summed E-state index contributed by atoms with van der Waals surface area (Å²) in [5.41, 5.74) is 2.23. The lowest BCUT2D eigenvalue weighted by atomic mass is 10.0. The lowest BCUT2D eigenvalue weighted by molar-refractivity contribution is 0.404. The van der Waals surface area contributed by atoms with E-state index in [-0.39, 0.29) is 0 Å². The second-order valence-electron chi connectivity index (χ2n) is 5.40. The molecule has 112 valence electrons. The molecule has 3 rings (SSSR count). The van der Waals surface area contributed by atoms with Gasteiger partial charge in [0, 0.05) is 12.1 Å². The Bertz CT molecular complexity index is 683. The standard InChI is InChI=1S/C16H18N6/c1-11-20-15(14-4-2-3-7-18-14)8-16(21-11)22-13-6-5-12(9-17)19-10-13/h5-6,8,10,14,18H,2-4,7H2,1H3,(H,20,21,22). The summed E-state index contributed by atoms with van der Waals surface area (Å²) in [4.78, 5) is 13.0. The van der Waals surface area contributed by atoms with Crippen LogP contribution in [0.4, 0.5) is 11.5 Å². The highest BCUT2D eigenvalue weighted by molar-refractivity contribution is 5.55. The summed E-state index contributed by atoms with van der Waals surface area (Å²) >= 11 is 0. The van der Waals surface area contributed by atoms with Gasteiger partial charge in [-0.1, -0.05) is 6.42 Å². The van der Waals surface area contributed by atoms with E-state index in [0.29, 0.717) is 11.7 Å². The van der Waals surface area contributed by atoms with Gasteiger partial charge in [0.2, 0.25) is 0 Å². The third kappa shape index (κ3) is 3.38. The Kier molecular flexibility index (Phi) is 4.26. The van der Waals surface area contributed by atoms with E-state index in [1.165, 1.54) is 12.8 Å². The molecule has 1 fully saturated rings. The molecule has 2 aromatic rings. The quantitative estimate of drug-likeness (QED) is 0.905. The third-order valence-electron chi connectivity index (χ3n) is 3.68. The topological polar surface area (TPSA) is 86.5 Å². The molecule has 1 aliphatic rings. The van der Waals surface area contributed by atoms with Gasteiger partial charge in [-0.05, 0) is 38.4 Å². The molecule has 6 heteroatoms. The number of anilines is 2. The number of hydrogen-bond donors (Lipinski definition) is 2. The van der Waals surface area contributed by atoms with E-state index in [4.69, 9.17) is 5.26 Å². The summed E-state index contributed by atoms with van der Waals surface area (Å²) in [7, 11) is 0. The molecule has 0 amide bonds. The Hall–Kier alpha value is -2.52. The maximum Gasteiger partial charge on any atom is 0.140 e. The van der Waals surface area contributed by atoms with Gasteiger partial charge >= 0.3 is 0 Å². The Morgan fingerprint density at radius 2 is 2.23 bits per heavy atom. The maximum atomic E-state index is 8.77. The Morgan fingerprint density at radius 3 is 2.91 bits per heavy atom. The van der Waals surface area contributed by atoms with Crippen LogP contribution in [-0.4, -0.2) is 21.5 Å². The van der Waals surface area contributed by atoms with Crippen molar-refractivity contribution in [2.75, 3.05) is 11.9 Å². The van der Waals surface area contributed by atoms with E-state index in [1.807, 2.05) is 25.1 Å². The second kappa shape index (κ2) is 6.50. The summed E-state index contributed by atoms with van der Waals surface area (Å²) in [5.74, 6) is 1.50. The SMILES string of the molecule is Cc1nc(Nc2ccc(C#N)nc2)cc(C2CCCCN2)n1. The lowest BCUT2D eigenvalue weighted by Crippen LogP contribution is -2.27. The predicted molar refractivity (Wildman–Crippen MR) is 83.6 cm³/mol. The van der Waals surface area contributed by atoms with Gasteiger partial charge in [-0.25, -0.2) is 15.0 Å². The summed E-state index contributed by atoms with van der Waals surface area (Å²) in [6.07, 6.45) is 5.19. The average molecular weight is 294 g/mol. The number of piperidine rings is 1. The minimum absolute atomic E-state index is 0.301. The fraction of sp³-hybridized carbons (Fsp3) is 0.375.